The van der Waals surface area contributed by atoms with Crippen molar-refractivity contribution < 1.29 is 14.3 Å². The molecule has 0 amide bonds. The Balaban J connectivity index is 3.67. The number of methoxy groups -OCH3 is 1. The Labute approximate surface area is 67.0 Å². The second-order valence-corrected chi connectivity index (χ2v) is 2.13. The van der Waals surface area contributed by atoms with Gasteiger partial charge in [0.2, 0.25) is 0 Å². The summed E-state index contributed by atoms with van der Waals surface area (Å²) < 4.78 is 9.13. The van der Waals surface area contributed by atoms with E-state index < -0.39 is 6.16 Å². The van der Waals surface area contributed by atoms with Crippen molar-refractivity contribution in [1.82, 2.24) is 0 Å². The molecule has 0 N–H and O–H groups in total. The first-order chi connectivity index (χ1) is 5.24. The van der Waals surface area contributed by atoms with Crippen LogP contribution in [-0.2, 0) is 9.47 Å². The Morgan fingerprint density at radius 2 is 2.36 bits per heavy atom. The Hall–Kier alpha value is -0.990. The van der Waals surface area contributed by atoms with Gasteiger partial charge in [-0.2, -0.15) is 0 Å². The molecule has 11 heavy (non-hydrogen) atoms. The molecule has 0 aromatic carbocycles. The van der Waals surface area contributed by atoms with E-state index in [4.69, 9.17) is 4.74 Å². The van der Waals surface area contributed by atoms with Crippen LogP contribution in [0.5, 0.6) is 0 Å². The number of rotatable bonds is 4. The maximum Gasteiger partial charge on any atom is 0.508 e. The van der Waals surface area contributed by atoms with Gasteiger partial charge in [-0.3, -0.25) is 0 Å². The van der Waals surface area contributed by atoms with Gasteiger partial charge in [0.05, 0.1) is 7.11 Å². The van der Waals surface area contributed by atoms with E-state index in [9.17, 15) is 4.79 Å². The summed E-state index contributed by atoms with van der Waals surface area (Å²) in [6.45, 7) is 5.55. The molecule has 0 spiro atoms. The van der Waals surface area contributed by atoms with Gasteiger partial charge in [-0.05, 0) is 6.42 Å². The minimum absolute atomic E-state index is 0.215. The Morgan fingerprint density at radius 3 is 2.73 bits per heavy atom. The summed E-state index contributed by atoms with van der Waals surface area (Å²) in [5.41, 5.74) is 0. The molecule has 1 atom stereocenters. The highest BCUT2D eigenvalue weighted by Gasteiger charge is 2.08. The van der Waals surface area contributed by atoms with Gasteiger partial charge in [-0.15, -0.1) is 0 Å². The molecule has 3 nitrogen and oxygen atoms in total. The van der Waals surface area contributed by atoms with Crippen LogP contribution in [0.4, 0.5) is 4.79 Å². The van der Waals surface area contributed by atoms with Crippen molar-refractivity contribution >= 4 is 6.16 Å². The zero-order valence-corrected chi connectivity index (χ0v) is 7.00. The number of hydrogen-bond acceptors (Lipinski definition) is 3. The number of carbonyl (C=O) groups is 1. The molecular weight excluding hydrogens is 144 g/mol. The Bertz CT molecular complexity index is 131. The van der Waals surface area contributed by atoms with Crippen molar-refractivity contribution in [3.8, 4) is 0 Å². The van der Waals surface area contributed by atoms with Crippen LogP contribution < -0.4 is 0 Å². The number of hydrogen-bond donors (Lipinski definition) is 0. The number of ether oxygens (including phenoxy) is 2. The Kier molecular flexibility index (Phi) is 5.25. The van der Waals surface area contributed by atoms with Crippen LogP contribution in [0.1, 0.15) is 19.8 Å². The lowest BCUT2D eigenvalue weighted by Gasteiger charge is -2.10. The molecule has 0 unspecified atom stereocenters. The monoisotopic (exact) mass is 158 g/mol. The van der Waals surface area contributed by atoms with Crippen molar-refractivity contribution in [2.24, 2.45) is 0 Å². The lowest BCUT2D eigenvalue weighted by atomic mass is 10.2. The molecule has 0 fully saturated rings. The smallest absolute Gasteiger partial charge is 0.438 e. The summed E-state index contributed by atoms with van der Waals surface area (Å²) in [6, 6.07) is 0. The van der Waals surface area contributed by atoms with E-state index in [1.807, 2.05) is 6.92 Å². The van der Waals surface area contributed by atoms with Gasteiger partial charge in [0.1, 0.15) is 6.10 Å². The molecule has 0 aromatic heterocycles. The van der Waals surface area contributed by atoms with Crippen LogP contribution in [0.3, 0.4) is 0 Å². The number of carbonyl (C=O) groups excluding carboxylic acids is 1. The van der Waals surface area contributed by atoms with Crippen molar-refractivity contribution in [2.75, 3.05) is 7.11 Å². The van der Waals surface area contributed by atoms with Crippen LogP contribution in [-0.4, -0.2) is 19.4 Å². The third kappa shape index (κ3) is 4.42. The molecule has 3 heteroatoms. The van der Waals surface area contributed by atoms with E-state index >= 15 is 0 Å². The molecule has 0 radical (unpaired) electrons. The van der Waals surface area contributed by atoms with Gasteiger partial charge in [0, 0.05) is 0 Å². The second kappa shape index (κ2) is 5.77. The first-order valence-electron chi connectivity index (χ1n) is 3.61. The standard InChI is InChI=1S/C8H14O3/c1-4-6-7(5-2)11-8(9)10-3/h5,7H,2,4,6H2,1,3H3/t7-/m0/s1. The molecule has 64 valence electrons. The van der Waals surface area contributed by atoms with E-state index in [0.29, 0.717) is 0 Å². The largest absolute Gasteiger partial charge is 0.508 e. The zero-order valence-electron chi connectivity index (χ0n) is 7.00. The summed E-state index contributed by atoms with van der Waals surface area (Å²) in [6.07, 6.45) is 2.47. The summed E-state index contributed by atoms with van der Waals surface area (Å²) >= 11 is 0. The van der Waals surface area contributed by atoms with Gasteiger partial charge in [0.25, 0.3) is 0 Å². The third-order valence-corrected chi connectivity index (χ3v) is 1.25. The average molecular weight is 158 g/mol. The van der Waals surface area contributed by atoms with Crippen LogP contribution in [0.25, 0.3) is 0 Å². The maximum atomic E-state index is 10.6. The van der Waals surface area contributed by atoms with Crippen molar-refractivity contribution in [1.29, 1.82) is 0 Å². The summed E-state index contributed by atoms with van der Waals surface area (Å²) in [7, 11) is 1.29. The van der Waals surface area contributed by atoms with Crippen LogP contribution in [0.2, 0.25) is 0 Å². The quantitative estimate of drug-likeness (QED) is 0.464. The van der Waals surface area contributed by atoms with Crippen molar-refractivity contribution in [3.63, 3.8) is 0 Å². The van der Waals surface area contributed by atoms with Crippen LogP contribution in [0.15, 0.2) is 12.7 Å². The zero-order chi connectivity index (χ0) is 8.69. The predicted molar refractivity (Wildman–Crippen MR) is 42.4 cm³/mol. The second-order valence-electron chi connectivity index (χ2n) is 2.13. The normalized spacial score (nSPS) is 11.8. The molecule has 0 saturated heterocycles. The molecule has 0 aromatic rings. The molecule has 0 aliphatic carbocycles. The molecule has 0 heterocycles. The van der Waals surface area contributed by atoms with Gasteiger partial charge in [-0.1, -0.05) is 26.0 Å². The molecule has 0 aliphatic heterocycles. The van der Waals surface area contributed by atoms with E-state index in [2.05, 4.69) is 11.3 Å². The molecule has 0 rings (SSSR count). The summed E-state index contributed by atoms with van der Waals surface area (Å²) in [5.74, 6) is 0. The minimum atomic E-state index is -0.650. The van der Waals surface area contributed by atoms with E-state index in [-0.39, 0.29) is 6.10 Å². The van der Waals surface area contributed by atoms with Gasteiger partial charge in [0.15, 0.2) is 0 Å². The lowest BCUT2D eigenvalue weighted by molar-refractivity contribution is 0.0499. The van der Waals surface area contributed by atoms with E-state index in [0.717, 1.165) is 12.8 Å². The molecular formula is C8H14O3. The first-order valence-corrected chi connectivity index (χ1v) is 3.61. The van der Waals surface area contributed by atoms with Crippen molar-refractivity contribution in [2.45, 2.75) is 25.9 Å². The maximum absolute atomic E-state index is 10.6. The fourth-order valence-corrected chi connectivity index (χ4v) is 0.681. The SMILES string of the molecule is C=C[C@@H](CCC)OC(=O)OC. The fraction of sp³-hybridized carbons (Fsp3) is 0.625. The average Bonchev–Trinajstić information content (AvgIpc) is 2.03. The predicted octanol–water partition coefficient (Wildman–Crippen LogP) is 2.12. The lowest BCUT2D eigenvalue weighted by Crippen LogP contribution is -2.15. The molecule has 0 saturated carbocycles. The van der Waals surface area contributed by atoms with Gasteiger partial charge >= 0.3 is 6.16 Å². The molecule has 0 aliphatic rings. The highest BCUT2D eigenvalue weighted by atomic mass is 16.7. The molecule has 0 bridgehead atoms. The first kappa shape index (κ1) is 10.0. The van der Waals surface area contributed by atoms with Crippen LogP contribution in [0, 0.1) is 0 Å². The van der Waals surface area contributed by atoms with Gasteiger partial charge < -0.3 is 9.47 Å². The van der Waals surface area contributed by atoms with Crippen LogP contribution >= 0.6 is 0 Å². The van der Waals surface area contributed by atoms with Gasteiger partial charge in [-0.25, -0.2) is 4.79 Å². The fourth-order valence-electron chi connectivity index (χ4n) is 0.681. The summed E-state index contributed by atoms with van der Waals surface area (Å²) in [5, 5.41) is 0. The third-order valence-electron chi connectivity index (χ3n) is 1.25. The topological polar surface area (TPSA) is 35.5 Å². The highest BCUT2D eigenvalue weighted by molar-refractivity contribution is 5.60. The van der Waals surface area contributed by atoms with E-state index in [1.54, 1.807) is 6.08 Å². The minimum Gasteiger partial charge on any atom is -0.438 e. The van der Waals surface area contributed by atoms with E-state index in [1.165, 1.54) is 7.11 Å². The highest BCUT2D eigenvalue weighted by Crippen LogP contribution is 2.03. The summed E-state index contributed by atoms with van der Waals surface area (Å²) in [4.78, 5) is 10.6. The Morgan fingerprint density at radius 1 is 1.73 bits per heavy atom. The van der Waals surface area contributed by atoms with Crippen molar-refractivity contribution in [3.05, 3.63) is 12.7 Å².